The molecular weight excluding hydrogens is 356 g/mol. The van der Waals surface area contributed by atoms with E-state index in [4.69, 9.17) is 4.99 Å². The summed E-state index contributed by atoms with van der Waals surface area (Å²) in [6, 6.07) is 22.5. The van der Waals surface area contributed by atoms with Crippen molar-refractivity contribution in [2.24, 2.45) is 4.99 Å². The van der Waals surface area contributed by atoms with Gasteiger partial charge >= 0.3 is 0 Å². The first-order valence-corrected chi connectivity index (χ1v) is 9.43. The molecule has 0 spiro atoms. The summed E-state index contributed by atoms with van der Waals surface area (Å²) >= 11 is 0. The zero-order chi connectivity index (χ0) is 19.6. The standard InChI is InChI=1S/C24H21F2NO/c25-20-13-12-19(16-21(20)26)23(24(28)14-7-15-24)27-22(17-8-3-1-4-9-17)18-10-5-2-6-11-18/h1-6,8-13,16,23,28H,7,14-15H2. The fourth-order valence-corrected chi connectivity index (χ4v) is 3.64. The average molecular weight is 377 g/mol. The number of hydrogen-bond donors (Lipinski definition) is 1. The molecule has 3 aromatic carbocycles. The maximum absolute atomic E-state index is 13.9. The molecule has 3 aromatic rings. The molecule has 0 radical (unpaired) electrons. The lowest BCUT2D eigenvalue weighted by Gasteiger charge is -2.42. The predicted octanol–water partition coefficient (Wildman–Crippen LogP) is 5.46. The van der Waals surface area contributed by atoms with Gasteiger partial charge in [0.15, 0.2) is 11.6 Å². The number of nitrogens with zero attached hydrogens (tertiary/aromatic N) is 1. The lowest BCUT2D eigenvalue weighted by Crippen LogP contribution is -2.42. The van der Waals surface area contributed by atoms with Crippen LogP contribution in [0.5, 0.6) is 0 Å². The molecule has 2 nitrogen and oxygen atoms in total. The number of aliphatic imine (C=N–C) groups is 1. The van der Waals surface area contributed by atoms with Crippen molar-refractivity contribution in [3.05, 3.63) is 107 Å². The van der Waals surface area contributed by atoms with E-state index in [9.17, 15) is 13.9 Å². The van der Waals surface area contributed by atoms with Crippen LogP contribution in [0.25, 0.3) is 0 Å². The third-order valence-electron chi connectivity index (χ3n) is 5.34. The van der Waals surface area contributed by atoms with Gasteiger partial charge in [-0.15, -0.1) is 0 Å². The van der Waals surface area contributed by atoms with Crippen LogP contribution in [-0.4, -0.2) is 16.4 Å². The Labute approximate surface area is 163 Å². The highest BCUT2D eigenvalue weighted by Gasteiger charge is 2.43. The lowest BCUT2D eigenvalue weighted by molar-refractivity contribution is -0.0552. The Morgan fingerprint density at radius 3 is 1.86 bits per heavy atom. The minimum absolute atomic E-state index is 0.477. The van der Waals surface area contributed by atoms with Crippen molar-refractivity contribution in [1.29, 1.82) is 0 Å². The van der Waals surface area contributed by atoms with Crippen molar-refractivity contribution in [2.75, 3.05) is 0 Å². The summed E-state index contributed by atoms with van der Waals surface area (Å²) in [5, 5.41) is 11.1. The quantitative estimate of drug-likeness (QED) is 0.589. The van der Waals surface area contributed by atoms with E-state index < -0.39 is 23.3 Å². The molecule has 1 saturated carbocycles. The summed E-state index contributed by atoms with van der Waals surface area (Å²) in [5.41, 5.74) is 1.95. The van der Waals surface area contributed by atoms with Gasteiger partial charge in [-0.1, -0.05) is 66.7 Å². The van der Waals surface area contributed by atoms with Crippen LogP contribution < -0.4 is 0 Å². The zero-order valence-corrected chi connectivity index (χ0v) is 15.4. The van der Waals surface area contributed by atoms with E-state index >= 15 is 0 Å². The smallest absolute Gasteiger partial charge is 0.159 e. The SMILES string of the molecule is OC1(C(N=C(c2ccccc2)c2ccccc2)c2ccc(F)c(F)c2)CCC1. The van der Waals surface area contributed by atoms with Crippen LogP contribution in [0.2, 0.25) is 0 Å². The molecule has 0 amide bonds. The number of benzene rings is 3. The van der Waals surface area contributed by atoms with Crippen molar-refractivity contribution in [1.82, 2.24) is 0 Å². The maximum atomic E-state index is 13.9. The Morgan fingerprint density at radius 1 is 0.821 bits per heavy atom. The zero-order valence-electron chi connectivity index (χ0n) is 15.4. The maximum Gasteiger partial charge on any atom is 0.159 e. The van der Waals surface area contributed by atoms with Crippen molar-refractivity contribution < 1.29 is 13.9 Å². The van der Waals surface area contributed by atoms with Crippen LogP contribution in [-0.2, 0) is 0 Å². The molecule has 0 bridgehead atoms. The molecule has 1 N–H and O–H groups in total. The fraction of sp³-hybridized carbons (Fsp3) is 0.208. The summed E-state index contributed by atoms with van der Waals surface area (Å²) in [6.45, 7) is 0. The Bertz CT molecular complexity index is 941. The first kappa shape index (κ1) is 18.5. The number of rotatable bonds is 5. The fourth-order valence-electron chi connectivity index (χ4n) is 3.64. The lowest BCUT2D eigenvalue weighted by atomic mass is 9.72. The molecule has 0 aromatic heterocycles. The van der Waals surface area contributed by atoms with Gasteiger partial charge in [0.1, 0.15) is 6.04 Å². The second kappa shape index (κ2) is 7.64. The van der Waals surface area contributed by atoms with Gasteiger partial charge in [0.2, 0.25) is 0 Å². The van der Waals surface area contributed by atoms with Gasteiger partial charge in [0.05, 0.1) is 11.3 Å². The van der Waals surface area contributed by atoms with Crippen LogP contribution in [0.15, 0.2) is 83.9 Å². The van der Waals surface area contributed by atoms with Gasteiger partial charge in [-0.3, -0.25) is 4.99 Å². The van der Waals surface area contributed by atoms with Gasteiger partial charge in [-0.25, -0.2) is 8.78 Å². The predicted molar refractivity (Wildman–Crippen MR) is 106 cm³/mol. The molecule has 1 atom stereocenters. The van der Waals surface area contributed by atoms with Crippen molar-refractivity contribution in [2.45, 2.75) is 30.9 Å². The van der Waals surface area contributed by atoms with Crippen molar-refractivity contribution in [3.63, 3.8) is 0 Å². The third kappa shape index (κ3) is 3.60. The summed E-state index contributed by atoms with van der Waals surface area (Å²) in [7, 11) is 0. The molecule has 0 aliphatic heterocycles. The summed E-state index contributed by atoms with van der Waals surface area (Å²) < 4.78 is 27.4. The molecule has 1 aliphatic rings. The highest BCUT2D eigenvalue weighted by molar-refractivity contribution is 6.13. The van der Waals surface area contributed by atoms with E-state index in [2.05, 4.69) is 0 Å². The minimum atomic E-state index is -1.06. The molecule has 28 heavy (non-hydrogen) atoms. The Morgan fingerprint density at radius 2 is 1.39 bits per heavy atom. The monoisotopic (exact) mass is 377 g/mol. The van der Waals surface area contributed by atoms with Crippen LogP contribution in [0, 0.1) is 11.6 Å². The van der Waals surface area contributed by atoms with Gasteiger partial charge in [0, 0.05) is 11.1 Å². The number of halogens is 2. The molecule has 1 aliphatic carbocycles. The van der Waals surface area contributed by atoms with Crippen molar-refractivity contribution >= 4 is 5.71 Å². The van der Waals surface area contributed by atoms with Crippen LogP contribution >= 0.6 is 0 Å². The second-order valence-electron chi connectivity index (χ2n) is 7.24. The largest absolute Gasteiger partial charge is 0.387 e. The van der Waals surface area contributed by atoms with Gasteiger partial charge < -0.3 is 5.11 Å². The Balaban J connectivity index is 1.87. The summed E-state index contributed by atoms with van der Waals surface area (Å²) in [4.78, 5) is 4.93. The van der Waals surface area contributed by atoms with E-state index in [1.807, 2.05) is 60.7 Å². The van der Waals surface area contributed by atoms with Crippen molar-refractivity contribution in [3.8, 4) is 0 Å². The second-order valence-corrected chi connectivity index (χ2v) is 7.24. The Hall–Kier alpha value is -2.85. The third-order valence-corrected chi connectivity index (χ3v) is 5.34. The summed E-state index contributed by atoms with van der Waals surface area (Å²) in [5.74, 6) is -1.83. The summed E-state index contributed by atoms with van der Waals surface area (Å²) in [6.07, 6.45) is 2.05. The van der Waals surface area contributed by atoms with Crippen LogP contribution in [0.1, 0.15) is 42.0 Å². The van der Waals surface area contributed by atoms with Gasteiger partial charge in [-0.05, 0) is 37.0 Å². The molecule has 142 valence electrons. The van der Waals surface area contributed by atoms with E-state index in [0.717, 1.165) is 35.4 Å². The topological polar surface area (TPSA) is 32.6 Å². The Kier molecular flexibility index (Phi) is 5.05. The average Bonchev–Trinajstić information content (AvgIpc) is 2.71. The molecule has 0 heterocycles. The van der Waals surface area contributed by atoms with E-state index in [1.54, 1.807) is 0 Å². The van der Waals surface area contributed by atoms with E-state index in [0.29, 0.717) is 18.4 Å². The number of hydrogen-bond acceptors (Lipinski definition) is 2. The first-order chi connectivity index (χ1) is 13.6. The van der Waals surface area contributed by atoms with Gasteiger partial charge in [-0.2, -0.15) is 0 Å². The molecule has 1 unspecified atom stereocenters. The van der Waals surface area contributed by atoms with E-state index in [1.165, 1.54) is 6.07 Å². The molecule has 4 rings (SSSR count). The van der Waals surface area contributed by atoms with Crippen LogP contribution in [0.3, 0.4) is 0 Å². The molecule has 1 fully saturated rings. The molecular formula is C24H21F2NO. The van der Waals surface area contributed by atoms with Gasteiger partial charge in [0.25, 0.3) is 0 Å². The molecule has 0 saturated heterocycles. The van der Waals surface area contributed by atoms with E-state index in [-0.39, 0.29) is 0 Å². The minimum Gasteiger partial charge on any atom is -0.387 e. The molecule has 4 heteroatoms. The number of aliphatic hydroxyl groups is 1. The highest BCUT2D eigenvalue weighted by atomic mass is 19.2. The first-order valence-electron chi connectivity index (χ1n) is 9.43. The highest BCUT2D eigenvalue weighted by Crippen LogP contribution is 2.45. The normalized spacial score (nSPS) is 16.1. The van der Waals surface area contributed by atoms with Crippen LogP contribution in [0.4, 0.5) is 8.78 Å².